The summed E-state index contributed by atoms with van der Waals surface area (Å²) in [5.74, 6) is -1.03. The number of esters is 1. The number of aliphatic hydroxyl groups is 1. The number of ether oxygens (including phenoxy) is 1. The second-order valence-corrected chi connectivity index (χ2v) is 2.35. The lowest BCUT2D eigenvalue weighted by atomic mass is 10.4. The number of halogens is 1. The van der Waals surface area contributed by atoms with Crippen LogP contribution in [0, 0.1) is 0 Å². The van der Waals surface area contributed by atoms with Crippen molar-refractivity contribution in [2.45, 2.75) is 6.42 Å². The fraction of sp³-hybridized carbons (Fsp3) is 0.500. The summed E-state index contributed by atoms with van der Waals surface area (Å²) in [6.07, 6.45) is 2.02. The van der Waals surface area contributed by atoms with Crippen LogP contribution in [0.5, 0.6) is 0 Å². The van der Waals surface area contributed by atoms with E-state index in [1.54, 1.807) is 0 Å². The summed E-state index contributed by atoms with van der Waals surface area (Å²) in [5.41, 5.74) is 0. The van der Waals surface area contributed by atoms with Gasteiger partial charge in [-0.25, -0.2) is 4.79 Å². The molecule has 3 nitrogen and oxygen atoms in total. The summed E-state index contributed by atoms with van der Waals surface area (Å²) >= 11 is 3.14. The van der Waals surface area contributed by atoms with Crippen LogP contribution < -0.4 is 0 Å². The van der Waals surface area contributed by atoms with Crippen molar-refractivity contribution >= 4 is 21.9 Å². The molecule has 10 heavy (non-hydrogen) atoms. The van der Waals surface area contributed by atoms with Gasteiger partial charge < -0.3 is 9.84 Å². The molecule has 1 N–H and O–H groups in total. The highest BCUT2D eigenvalue weighted by molar-refractivity contribution is 9.09. The van der Waals surface area contributed by atoms with E-state index in [4.69, 9.17) is 5.11 Å². The monoisotopic (exact) mass is 208 g/mol. The lowest BCUT2D eigenvalue weighted by Gasteiger charge is -1.94. The number of carbonyl (C=O) groups is 1. The fourth-order valence-electron chi connectivity index (χ4n) is 0.379. The number of alkyl halides is 1. The van der Waals surface area contributed by atoms with E-state index in [9.17, 15) is 4.79 Å². The van der Waals surface area contributed by atoms with Crippen molar-refractivity contribution in [3.63, 3.8) is 0 Å². The van der Waals surface area contributed by atoms with E-state index in [-0.39, 0.29) is 5.76 Å². The Hall–Kier alpha value is -0.510. The van der Waals surface area contributed by atoms with E-state index in [2.05, 4.69) is 20.7 Å². The average Bonchev–Trinajstić information content (AvgIpc) is 1.98. The van der Waals surface area contributed by atoms with E-state index in [0.717, 1.165) is 0 Å². The molecule has 0 atom stereocenters. The predicted molar refractivity (Wildman–Crippen MR) is 41.1 cm³/mol. The first-order chi connectivity index (χ1) is 4.72. The first kappa shape index (κ1) is 9.49. The Bertz CT molecular complexity index is 142. The molecule has 0 spiro atoms. The number of rotatable bonds is 3. The minimum absolute atomic E-state index is 0.332. The number of carbonyl (C=O) groups excluding carboxylic acids is 1. The third kappa shape index (κ3) is 3.50. The first-order valence-electron chi connectivity index (χ1n) is 2.75. The van der Waals surface area contributed by atoms with E-state index < -0.39 is 5.97 Å². The van der Waals surface area contributed by atoms with Gasteiger partial charge in [0.2, 0.25) is 0 Å². The van der Waals surface area contributed by atoms with Gasteiger partial charge in [-0.15, -0.1) is 0 Å². The van der Waals surface area contributed by atoms with Gasteiger partial charge in [0.25, 0.3) is 0 Å². The summed E-state index contributed by atoms with van der Waals surface area (Å²) in [7, 11) is 1.22. The molecule has 0 saturated heterocycles. The normalized spacial score (nSPS) is 11.2. The van der Waals surface area contributed by atoms with Gasteiger partial charge in [0, 0.05) is 5.33 Å². The van der Waals surface area contributed by atoms with Crippen molar-refractivity contribution in [2.75, 3.05) is 12.4 Å². The topological polar surface area (TPSA) is 46.5 Å². The lowest BCUT2D eigenvalue weighted by molar-refractivity contribution is -0.139. The predicted octanol–water partition coefficient (Wildman–Crippen LogP) is 1.39. The minimum atomic E-state index is -0.694. The molecule has 0 rings (SSSR count). The van der Waals surface area contributed by atoms with E-state index >= 15 is 0 Å². The Balaban J connectivity index is 3.80. The number of hydrogen-bond acceptors (Lipinski definition) is 3. The van der Waals surface area contributed by atoms with Gasteiger partial charge in [0.1, 0.15) is 0 Å². The Morgan fingerprint density at radius 2 is 2.40 bits per heavy atom. The van der Waals surface area contributed by atoms with Gasteiger partial charge in [-0.3, -0.25) is 0 Å². The fourth-order valence-corrected chi connectivity index (χ4v) is 0.608. The molecule has 0 aliphatic rings. The maximum atomic E-state index is 10.5. The maximum absolute atomic E-state index is 10.5. The molecule has 0 heterocycles. The molecular weight excluding hydrogens is 200 g/mol. The highest BCUT2D eigenvalue weighted by atomic mass is 79.9. The minimum Gasteiger partial charge on any atom is -0.502 e. The Kier molecular flexibility index (Phi) is 5.02. The van der Waals surface area contributed by atoms with Crippen molar-refractivity contribution in [2.24, 2.45) is 0 Å². The van der Waals surface area contributed by atoms with Crippen LogP contribution in [0.25, 0.3) is 0 Å². The van der Waals surface area contributed by atoms with Crippen LogP contribution in [0.4, 0.5) is 0 Å². The zero-order valence-electron chi connectivity index (χ0n) is 5.63. The molecule has 0 aromatic rings. The molecule has 0 aromatic heterocycles. The quantitative estimate of drug-likeness (QED) is 0.330. The number of methoxy groups -OCH3 is 1. The summed E-state index contributed by atoms with van der Waals surface area (Å²) in [4.78, 5) is 10.5. The van der Waals surface area contributed by atoms with Gasteiger partial charge in [0.15, 0.2) is 5.76 Å². The van der Waals surface area contributed by atoms with Crippen LogP contribution in [0.1, 0.15) is 6.42 Å². The van der Waals surface area contributed by atoms with Gasteiger partial charge in [-0.1, -0.05) is 15.9 Å². The Morgan fingerprint density at radius 1 is 1.80 bits per heavy atom. The second-order valence-electron chi connectivity index (χ2n) is 1.56. The van der Waals surface area contributed by atoms with Crippen LogP contribution >= 0.6 is 15.9 Å². The highest BCUT2D eigenvalue weighted by Crippen LogP contribution is 1.96. The first-order valence-corrected chi connectivity index (χ1v) is 3.88. The van der Waals surface area contributed by atoms with Crippen molar-refractivity contribution in [3.8, 4) is 0 Å². The van der Waals surface area contributed by atoms with Gasteiger partial charge in [0.05, 0.1) is 7.11 Å². The summed E-state index contributed by atoms with van der Waals surface area (Å²) < 4.78 is 4.24. The zero-order chi connectivity index (χ0) is 7.98. The average molecular weight is 209 g/mol. The van der Waals surface area contributed by atoms with E-state index in [0.29, 0.717) is 11.8 Å². The molecule has 0 aliphatic carbocycles. The highest BCUT2D eigenvalue weighted by Gasteiger charge is 2.04. The van der Waals surface area contributed by atoms with Crippen LogP contribution in [0.15, 0.2) is 11.8 Å². The Labute approximate surface area is 67.8 Å². The zero-order valence-corrected chi connectivity index (χ0v) is 7.22. The molecule has 0 saturated carbocycles. The lowest BCUT2D eigenvalue weighted by Crippen LogP contribution is -2.03. The van der Waals surface area contributed by atoms with Gasteiger partial charge in [-0.05, 0) is 12.5 Å². The SMILES string of the molecule is COC(=O)C(O)=CCCBr. The van der Waals surface area contributed by atoms with Crippen LogP contribution in [-0.2, 0) is 9.53 Å². The van der Waals surface area contributed by atoms with Crippen molar-refractivity contribution in [1.82, 2.24) is 0 Å². The third-order valence-electron chi connectivity index (χ3n) is 0.841. The molecule has 0 unspecified atom stereocenters. The number of hydrogen-bond donors (Lipinski definition) is 1. The molecule has 0 fully saturated rings. The summed E-state index contributed by atoms with van der Waals surface area (Å²) in [6.45, 7) is 0. The van der Waals surface area contributed by atoms with Gasteiger partial charge >= 0.3 is 5.97 Å². The number of aliphatic hydroxyl groups excluding tert-OH is 1. The Morgan fingerprint density at radius 3 is 2.80 bits per heavy atom. The third-order valence-corrected chi connectivity index (χ3v) is 1.30. The molecular formula is C6H9BrO3. The number of allylic oxidation sites excluding steroid dienone is 1. The van der Waals surface area contributed by atoms with Crippen molar-refractivity contribution in [3.05, 3.63) is 11.8 Å². The van der Waals surface area contributed by atoms with Crippen LogP contribution in [0.2, 0.25) is 0 Å². The van der Waals surface area contributed by atoms with E-state index in [1.807, 2.05) is 0 Å². The van der Waals surface area contributed by atoms with Crippen LogP contribution in [0.3, 0.4) is 0 Å². The molecule has 0 aliphatic heterocycles. The smallest absolute Gasteiger partial charge is 0.372 e. The summed E-state index contributed by atoms with van der Waals surface area (Å²) in [5, 5.41) is 9.53. The molecule has 4 heteroatoms. The second kappa shape index (κ2) is 5.29. The van der Waals surface area contributed by atoms with Crippen LogP contribution in [-0.4, -0.2) is 23.5 Å². The largest absolute Gasteiger partial charge is 0.502 e. The standard InChI is InChI=1S/C6H9BrO3/c1-10-6(9)5(8)3-2-4-7/h3,8H,2,4H2,1H3. The maximum Gasteiger partial charge on any atom is 0.372 e. The molecule has 0 amide bonds. The van der Waals surface area contributed by atoms with Crippen molar-refractivity contribution in [1.29, 1.82) is 0 Å². The molecule has 0 radical (unpaired) electrons. The van der Waals surface area contributed by atoms with Gasteiger partial charge in [-0.2, -0.15) is 0 Å². The van der Waals surface area contributed by atoms with E-state index in [1.165, 1.54) is 13.2 Å². The molecule has 58 valence electrons. The molecule has 0 bridgehead atoms. The molecule has 0 aromatic carbocycles. The van der Waals surface area contributed by atoms with Crippen molar-refractivity contribution < 1.29 is 14.6 Å². The summed E-state index contributed by atoms with van der Waals surface area (Å²) in [6, 6.07) is 0.